The lowest BCUT2D eigenvalue weighted by atomic mass is 10.3. The predicted molar refractivity (Wildman–Crippen MR) is 50.8 cm³/mol. The lowest BCUT2D eigenvalue weighted by Crippen LogP contribution is -3.14. The fourth-order valence-corrected chi connectivity index (χ4v) is 1.07. The molecule has 0 amide bonds. The van der Waals surface area contributed by atoms with Gasteiger partial charge in [-0.05, 0) is 0 Å². The standard InChI is InChI=1S/C8H14N3O3/c1-11(13-2,14-10(9)12)8-6-4-3-5-7-8/h3-7,10H,9H2,1-2H3/q+1. The van der Waals surface area contributed by atoms with Crippen molar-refractivity contribution in [1.29, 1.82) is 0 Å². The van der Waals surface area contributed by atoms with Gasteiger partial charge in [-0.3, -0.25) is 0 Å². The number of para-hydroxylation sites is 1. The zero-order chi connectivity index (χ0) is 10.6. The summed E-state index contributed by atoms with van der Waals surface area (Å²) in [6.45, 7) is 0. The van der Waals surface area contributed by atoms with Gasteiger partial charge >= 0.3 is 0 Å². The summed E-state index contributed by atoms with van der Waals surface area (Å²) in [6.07, 6.45) is 0. The van der Waals surface area contributed by atoms with Crippen LogP contribution in [0.4, 0.5) is 5.69 Å². The molecule has 0 radical (unpaired) electrons. The normalized spacial score (nSPS) is 17.4. The second-order valence-electron chi connectivity index (χ2n) is 2.77. The quantitative estimate of drug-likeness (QED) is 0.382. The van der Waals surface area contributed by atoms with Crippen LogP contribution in [-0.4, -0.2) is 14.2 Å². The van der Waals surface area contributed by atoms with Crippen LogP contribution in [0.15, 0.2) is 30.3 Å². The van der Waals surface area contributed by atoms with Crippen molar-refractivity contribution in [3.63, 3.8) is 0 Å². The highest BCUT2D eigenvalue weighted by atomic mass is 17.1. The molecule has 1 aromatic carbocycles. The highest BCUT2D eigenvalue weighted by molar-refractivity contribution is 5.37. The number of hydrogen-bond acceptors (Lipinski definition) is 4. The molecule has 0 saturated heterocycles. The SMILES string of the molecule is CO[N+](C)(O[NH+](N)[O-])c1ccccc1. The Balaban J connectivity index is 2.90. The Morgan fingerprint density at radius 2 is 1.93 bits per heavy atom. The van der Waals surface area contributed by atoms with Crippen molar-refractivity contribution in [2.24, 2.45) is 5.84 Å². The monoisotopic (exact) mass is 200 g/mol. The minimum absolute atomic E-state index is 0.434. The average Bonchev–Trinajstić information content (AvgIpc) is 2.18. The van der Waals surface area contributed by atoms with E-state index in [1.807, 2.05) is 18.2 Å². The minimum atomic E-state index is -0.891. The molecule has 0 fully saturated rings. The molecule has 1 aromatic rings. The number of hydroxylamine groups is 2. The zero-order valence-corrected chi connectivity index (χ0v) is 8.14. The van der Waals surface area contributed by atoms with Gasteiger partial charge in [-0.15, -0.1) is 5.84 Å². The summed E-state index contributed by atoms with van der Waals surface area (Å²) in [6, 6.07) is 9.02. The largest absolute Gasteiger partial charge is 0.575 e. The molecular formula is C8H14N3O3+. The third-order valence-corrected chi connectivity index (χ3v) is 1.84. The molecule has 1 rings (SSSR count). The van der Waals surface area contributed by atoms with E-state index in [4.69, 9.17) is 15.6 Å². The Kier molecular flexibility index (Phi) is 3.53. The van der Waals surface area contributed by atoms with Crippen molar-refractivity contribution in [3.8, 4) is 0 Å². The van der Waals surface area contributed by atoms with Crippen LogP contribution in [0.25, 0.3) is 0 Å². The number of hydrogen-bond donors (Lipinski definition) is 2. The summed E-state index contributed by atoms with van der Waals surface area (Å²) in [4.78, 5) is 9.44. The summed E-state index contributed by atoms with van der Waals surface area (Å²) in [5, 5.41) is 9.76. The van der Waals surface area contributed by atoms with Crippen LogP contribution in [0.3, 0.4) is 0 Å². The van der Waals surface area contributed by atoms with Crippen LogP contribution in [-0.2, 0) is 9.78 Å². The van der Waals surface area contributed by atoms with Gasteiger partial charge in [0.2, 0.25) is 5.69 Å². The molecule has 0 aliphatic rings. The number of rotatable bonds is 4. The lowest BCUT2D eigenvalue weighted by molar-refractivity contribution is -1.10. The van der Waals surface area contributed by atoms with Gasteiger partial charge in [0.15, 0.2) is 0 Å². The van der Waals surface area contributed by atoms with Crippen LogP contribution in [0, 0.1) is 5.21 Å². The molecular weight excluding hydrogens is 186 g/mol. The highest BCUT2D eigenvalue weighted by Crippen LogP contribution is 2.19. The molecule has 6 heteroatoms. The van der Waals surface area contributed by atoms with Gasteiger partial charge in [0.05, 0.1) is 4.94 Å². The van der Waals surface area contributed by atoms with Crippen molar-refractivity contribution < 1.29 is 15.1 Å². The number of nitrogens with zero attached hydrogens (tertiary/aromatic N) is 1. The van der Waals surface area contributed by atoms with Gasteiger partial charge in [0.25, 0.3) is 0 Å². The molecule has 78 valence electrons. The fourth-order valence-electron chi connectivity index (χ4n) is 1.07. The van der Waals surface area contributed by atoms with E-state index in [0.29, 0.717) is 5.69 Å². The molecule has 0 bridgehead atoms. The van der Waals surface area contributed by atoms with Crippen molar-refractivity contribution in [2.75, 3.05) is 14.2 Å². The van der Waals surface area contributed by atoms with Crippen molar-refractivity contribution in [2.45, 2.75) is 0 Å². The Morgan fingerprint density at radius 3 is 2.36 bits per heavy atom. The van der Waals surface area contributed by atoms with E-state index in [1.54, 1.807) is 19.2 Å². The van der Waals surface area contributed by atoms with Gasteiger partial charge in [-0.1, -0.05) is 23.5 Å². The molecule has 0 spiro atoms. The van der Waals surface area contributed by atoms with E-state index in [-0.39, 0.29) is 0 Å². The van der Waals surface area contributed by atoms with E-state index in [1.165, 1.54) is 7.11 Å². The van der Waals surface area contributed by atoms with E-state index in [2.05, 4.69) is 0 Å². The summed E-state index contributed by atoms with van der Waals surface area (Å²) in [5.74, 6) is 4.93. The highest BCUT2D eigenvalue weighted by Gasteiger charge is 2.32. The second kappa shape index (κ2) is 4.47. The van der Waals surface area contributed by atoms with Crippen LogP contribution in [0.5, 0.6) is 0 Å². The van der Waals surface area contributed by atoms with Crippen LogP contribution >= 0.6 is 0 Å². The third-order valence-electron chi connectivity index (χ3n) is 1.84. The fraction of sp³-hybridized carbons (Fsp3) is 0.250. The van der Waals surface area contributed by atoms with Crippen LogP contribution in [0.1, 0.15) is 0 Å². The van der Waals surface area contributed by atoms with E-state index < -0.39 is 10.1 Å². The first-order valence-corrected chi connectivity index (χ1v) is 4.05. The molecule has 6 nitrogen and oxygen atoms in total. The maximum atomic E-state index is 10.7. The van der Waals surface area contributed by atoms with Crippen molar-refractivity contribution in [1.82, 2.24) is 4.81 Å². The molecule has 0 aromatic heterocycles. The molecule has 0 heterocycles. The van der Waals surface area contributed by atoms with Gasteiger partial charge < -0.3 is 5.21 Å². The third kappa shape index (κ3) is 2.48. The van der Waals surface area contributed by atoms with Gasteiger partial charge in [0.1, 0.15) is 14.2 Å². The molecule has 0 aliphatic carbocycles. The summed E-state index contributed by atoms with van der Waals surface area (Å²) >= 11 is 0. The molecule has 14 heavy (non-hydrogen) atoms. The summed E-state index contributed by atoms with van der Waals surface area (Å²) in [5.41, 5.74) is 0.675. The molecule has 3 N–H and O–H groups in total. The van der Waals surface area contributed by atoms with Gasteiger partial charge in [0, 0.05) is 16.9 Å². The first-order valence-electron chi connectivity index (χ1n) is 4.05. The molecule has 2 atom stereocenters. The van der Waals surface area contributed by atoms with E-state index in [0.717, 1.165) is 0 Å². The maximum absolute atomic E-state index is 10.7. The number of benzene rings is 1. The van der Waals surface area contributed by atoms with E-state index in [9.17, 15) is 5.21 Å². The Labute approximate surface area is 82.0 Å². The second-order valence-corrected chi connectivity index (χ2v) is 2.77. The Bertz CT molecular complexity index is 280. The van der Waals surface area contributed by atoms with E-state index >= 15 is 0 Å². The van der Waals surface area contributed by atoms with Gasteiger partial charge in [-0.2, -0.15) is 4.84 Å². The Morgan fingerprint density at radius 1 is 1.36 bits per heavy atom. The maximum Gasteiger partial charge on any atom is 0.205 e. The predicted octanol–water partition coefficient (Wildman–Crippen LogP) is -0.712. The average molecular weight is 200 g/mol. The smallest absolute Gasteiger partial charge is 0.205 e. The van der Waals surface area contributed by atoms with Crippen molar-refractivity contribution >= 4 is 5.69 Å². The summed E-state index contributed by atoms with van der Waals surface area (Å²) in [7, 11) is 3.00. The van der Waals surface area contributed by atoms with Gasteiger partial charge in [-0.25, -0.2) is 0 Å². The van der Waals surface area contributed by atoms with Crippen LogP contribution < -0.4 is 16.0 Å². The minimum Gasteiger partial charge on any atom is -0.575 e. The first kappa shape index (κ1) is 11.1. The zero-order valence-electron chi connectivity index (χ0n) is 8.14. The first-order chi connectivity index (χ1) is 6.58. The lowest BCUT2D eigenvalue weighted by Gasteiger charge is -2.26. The molecule has 0 saturated carbocycles. The number of quaternary nitrogens is 2. The summed E-state index contributed by atoms with van der Waals surface area (Å²) < 4.78 is 0. The molecule has 2 unspecified atom stereocenters. The number of nitrogens with one attached hydrogen (secondary N) is 1. The topological polar surface area (TPSA) is 72.0 Å². The Hall–Kier alpha value is -1.02. The van der Waals surface area contributed by atoms with Crippen molar-refractivity contribution in [3.05, 3.63) is 35.5 Å². The van der Waals surface area contributed by atoms with Crippen LogP contribution in [0.2, 0.25) is 0 Å². The molecule has 0 aliphatic heterocycles. The number of nitrogens with two attached hydrogens (primary N) is 1.